The number of rotatable bonds is 4. The molecule has 4 nitrogen and oxygen atoms in total. The van der Waals surface area contributed by atoms with Crippen LogP contribution in [-0.2, 0) is 0 Å². The quantitative estimate of drug-likeness (QED) is 0.631. The van der Waals surface area contributed by atoms with Gasteiger partial charge < -0.3 is 5.73 Å². The lowest BCUT2D eigenvalue weighted by Crippen LogP contribution is -2.43. The van der Waals surface area contributed by atoms with E-state index < -0.39 is 0 Å². The van der Waals surface area contributed by atoms with Gasteiger partial charge in [0, 0.05) is 43.9 Å². The van der Waals surface area contributed by atoms with E-state index in [2.05, 4.69) is 15.9 Å². The second-order valence-electron chi connectivity index (χ2n) is 5.95. The molecule has 1 aliphatic heterocycles. The van der Waals surface area contributed by atoms with Gasteiger partial charge in [0.15, 0.2) is 0 Å². The fraction of sp³-hybridized carbons (Fsp3) is 0.100. The molecule has 6 heteroatoms. The van der Waals surface area contributed by atoms with Crippen molar-refractivity contribution in [3.8, 4) is 0 Å². The number of carbonyl (C=O) groups excluding carboxylic acids is 2. The molecule has 0 saturated carbocycles. The van der Waals surface area contributed by atoms with Gasteiger partial charge in [-0.05, 0) is 47.9 Å². The highest BCUT2D eigenvalue weighted by Crippen LogP contribution is 2.38. The van der Waals surface area contributed by atoms with Crippen LogP contribution in [0.1, 0.15) is 20.7 Å². The van der Waals surface area contributed by atoms with Crippen molar-refractivity contribution < 1.29 is 9.59 Å². The smallest absolute Gasteiger partial charge is 0.261 e. The highest BCUT2D eigenvalue weighted by molar-refractivity contribution is 9.10. The predicted molar refractivity (Wildman–Crippen MR) is 107 cm³/mol. The minimum Gasteiger partial charge on any atom is -0.329 e. The molecule has 1 heterocycles. The monoisotopic (exact) mass is 426 g/mol. The summed E-state index contributed by atoms with van der Waals surface area (Å²) >= 11 is 5.05. The molecule has 0 spiro atoms. The fourth-order valence-corrected chi connectivity index (χ4v) is 4.38. The molecule has 4 rings (SSSR count). The second kappa shape index (κ2) is 6.87. The van der Waals surface area contributed by atoms with Crippen molar-refractivity contribution in [2.24, 2.45) is 5.73 Å². The number of hydrogen-bond acceptors (Lipinski definition) is 4. The van der Waals surface area contributed by atoms with Crippen LogP contribution in [0.4, 0.5) is 0 Å². The molecule has 0 aliphatic carbocycles. The number of nitrogens with two attached hydrogens (primary N) is 1. The summed E-state index contributed by atoms with van der Waals surface area (Å²) in [6.45, 7) is 0.475. The maximum atomic E-state index is 12.7. The van der Waals surface area contributed by atoms with Crippen molar-refractivity contribution in [1.29, 1.82) is 0 Å². The zero-order valence-corrected chi connectivity index (χ0v) is 16.1. The van der Waals surface area contributed by atoms with E-state index in [9.17, 15) is 9.59 Å². The molecule has 0 aromatic heterocycles. The van der Waals surface area contributed by atoms with Gasteiger partial charge >= 0.3 is 0 Å². The van der Waals surface area contributed by atoms with Gasteiger partial charge in [-0.25, -0.2) is 0 Å². The van der Waals surface area contributed by atoms with Crippen LogP contribution in [0.5, 0.6) is 0 Å². The number of halogens is 1. The van der Waals surface area contributed by atoms with Gasteiger partial charge in [0.2, 0.25) is 0 Å². The standard InChI is InChI=1S/C20H15BrN2O2S/c21-12-4-6-13(7-5-12)26-17-9-8-16-18-14(17)2-1-3-15(18)19(24)23(11-10-22)20(16)25/h1-9H,10-11,22H2. The summed E-state index contributed by atoms with van der Waals surface area (Å²) in [4.78, 5) is 28.8. The van der Waals surface area contributed by atoms with E-state index in [0.29, 0.717) is 11.1 Å². The highest BCUT2D eigenvalue weighted by Gasteiger charge is 2.32. The lowest BCUT2D eigenvalue weighted by atomic mass is 9.94. The number of benzene rings is 3. The number of nitrogens with zero attached hydrogens (tertiary/aromatic N) is 1. The molecule has 3 aromatic carbocycles. The average Bonchev–Trinajstić information content (AvgIpc) is 2.66. The number of carbonyl (C=O) groups is 2. The van der Waals surface area contributed by atoms with E-state index in [0.717, 1.165) is 25.0 Å². The van der Waals surface area contributed by atoms with Gasteiger partial charge in [0.05, 0.1) is 0 Å². The Hall–Kier alpha value is -2.15. The SMILES string of the molecule is NCCN1C(=O)c2cccc3c(Sc4ccc(Br)cc4)ccc(c23)C1=O. The van der Waals surface area contributed by atoms with Crippen LogP contribution in [0, 0.1) is 0 Å². The first-order valence-electron chi connectivity index (χ1n) is 8.15. The number of imide groups is 1. The van der Waals surface area contributed by atoms with Crippen LogP contribution in [0.15, 0.2) is 68.9 Å². The van der Waals surface area contributed by atoms with Gasteiger partial charge in [0.1, 0.15) is 0 Å². The van der Waals surface area contributed by atoms with Crippen LogP contribution in [0.2, 0.25) is 0 Å². The van der Waals surface area contributed by atoms with Crippen molar-refractivity contribution in [2.45, 2.75) is 9.79 Å². The summed E-state index contributed by atoms with van der Waals surface area (Å²) in [6.07, 6.45) is 0. The maximum Gasteiger partial charge on any atom is 0.261 e. The third-order valence-corrected chi connectivity index (χ3v) is 5.96. The Morgan fingerprint density at radius 2 is 1.62 bits per heavy atom. The summed E-state index contributed by atoms with van der Waals surface area (Å²) < 4.78 is 1.02. The van der Waals surface area contributed by atoms with Crippen molar-refractivity contribution in [3.63, 3.8) is 0 Å². The molecule has 2 amide bonds. The minimum atomic E-state index is -0.274. The highest BCUT2D eigenvalue weighted by atomic mass is 79.9. The first-order valence-corrected chi connectivity index (χ1v) is 9.76. The molecule has 0 radical (unpaired) electrons. The minimum absolute atomic E-state index is 0.225. The fourth-order valence-electron chi connectivity index (χ4n) is 3.17. The third kappa shape index (κ3) is 2.84. The molecule has 0 saturated heterocycles. The zero-order valence-electron chi connectivity index (χ0n) is 13.7. The van der Waals surface area contributed by atoms with E-state index in [4.69, 9.17) is 5.73 Å². The maximum absolute atomic E-state index is 12.7. The van der Waals surface area contributed by atoms with Gasteiger partial charge in [-0.3, -0.25) is 14.5 Å². The third-order valence-electron chi connectivity index (χ3n) is 4.35. The summed E-state index contributed by atoms with van der Waals surface area (Å²) in [6, 6.07) is 17.4. The van der Waals surface area contributed by atoms with Crippen LogP contribution in [0.25, 0.3) is 10.8 Å². The topological polar surface area (TPSA) is 63.4 Å². The van der Waals surface area contributed by atoms with E-state index in [1.54, 1.807) is 17.8 Å². The zero-order chi connectivity index (χ0) is 18.3. The van der Waals surface area contributed by atoms with Crippen molar-refractivity contribution >= 4 is 50.3 Å². The van der Waals surface area contributed by atoms with Gasteiger partial charge in [-0.15, -0.1) is 0 Å². The Morgan fingerprint density at radius 1 is 0.923 bits per heavy atom. The van der Waals surface area contributed by atoms with Crippen molar-refractivity contribution in [3.05, 3.63) is 70.2 Å². The first-order chi connectivity index (χ1) is 12.6. The molecule has 0 bridgehead atoms. The molecule has 130 valence electrons. The molecule has 0 fully saturated rings. The van der Waals surface area contributed by atoms with Crippen LogP contribution in [0.3, 0.4) is 0 Å². The van der Waals surface area contributed by atoms with Crippen LogP contribution in [-0.4, -0.2) is 29.8 Å². The molecule has 2 N–H and O–H groups in total. The second-order valence-corrected chi connectivity index (χ2v) is 7.98. The number of hydrogen-bond donors (Lipinski definition) is 1. The van der Waals surface area contributed by atoms with E-state index in [1.807, 2.05) is 48.5 Å². The predicted octanol–water partition coefficient (Wildman–Crippen LogP) is 4.31. The average molecular weight is 427 g/mol. The van der Waals surface area contributed by atoms with E-state index in [1.165, 1.54) is 4.90 Å². The Kier molecular flexibility index (Phi) is 4.56. The lowest BCUT2D eigenvalue weighted by molar-refractivity contribution is 0.0615. The van der Waals surface area contributed by atoms with Crippen LogP contribution < -0.4 is 5.73 Å². The Balaban J connectivity index is 1.85. The summed E-state index contributed by atoms with van der Waals surface area (Å²) in [5, 5.41) is 1.65. The van der Waals surface area contributed by atoms with Gasteiger partial charge in [-0.1, -0.05) is 39.8 Å². The Bertz CT molecular complexity index is 1010. The molecular formula is C20H15BrN2O2S. The lowest BCUT2D eigenvalue weighted by Gasteiger charge is -2.27. The molecule has 26 heavy (non-hydrogen) atoms. The first kappa shape index (κ1) is 17.3. The molecule has 0 unspecified atom stereocenters. The normalized spacial score (nSPS) is 13.5. The van der Waals surface area contributed by atoms with Crippen molar-refractivity contribution in [2.75, 3.05) is 13.1 Å². The van der Waals surface area contributed by atoms with E-state index >= 15 is 0 Å². The Morgan fingerprint density at radius 3 is 2.31 bits per heavy atom. The number of amides is 2. The van der Waals surface area contributed by atoms with Crippen molar-refractivity contribution in [1.82, 2.24) is 4.90 Å². The molecule has 3 aromatic rings. The largest absolute Gasteiger partial charge is 0.329 e. The van der Waals surface area contributed by atoms with E-state index in [-0.39, 0.29) is 24.9 Å². The molecule has 0 atom stereocenters. The molecular weight excluding hydrogens is 412 g/mol. The molecule has 1 aliphatic rings. The summed E-state index contributed by atoms with van der Waals surface area (Å²) in [7, 11) is 0. The van der Waals surface area contributed by atoms with Crippen LogP contribution >= 0.6 is 27.7 Å². The Labute approximate surface area is 163 Å². The summed E-state index contributed by atoms with van der Waals surface area (Å²) in [5.41, 5.74) is 6.69. The van der Waals surface area contributed by atoms with Gasteiger partial charge in [0.25, 0.3) is 11.8 Å². The van der Waals surface area contributed by atoms with Gasteiger partial charge in [-0.2, -0.15) is 0 Å². The summed E-state index contributed by atoms with van der Waals surface area (Å²) in [5.74, 6) is -0.548.